The van der Waals surface area contributed by atoms with Crippen molar-refractivity contribution in [3.05, 3.63) is 23.8 Å². The zero-order valence-corrected chi connectivity index (χ0v) is 10.5. The fourth-order valence-corrected chi connectivity index (χ4v) is 1.25. The van der Waals surface area contributed by atoms with Crippen molar-refractivity contribution in [2.24, 2.45) is 0 Å². The van der Waals surface area contributed by atoms with Crippen molar-refractivity contribution in [3.8, 4) is 11.5 Å². The van der Waals surface area contributed by atoms with Gasteiger partial charge in [0.2, 0.25) is 0 Å². The van der Waals surface area contributed by atoms with E-state index in [1.54, 1.807) is 0 Å². The van der Waals surface area contributed by atoms with Gasteiger partial charge in [0, 0.05) is 0 Å². The van der Waals surface area contributed by atoms with Crippen molar-refractivity contribution in [1.82, 2.24) is 0 Å². The number of carbonyl (C=O) groups is 1. The van der Waals surface area contributed by atoms with Crippen LogP contribution >= 0.6 is 0 Å². The zero-order valence-electron chi connectivity index (χ0n) is 6.02. The summed E-state index contributed by atoms with van der Waals surface area (Å²) in [5, 5.41) is 18.2. The fraction of sp³-hybridized carbons (Fsp3) is 0. The predicted octanol–water partition coefficient (Wildman–Crippen LogP) is 0.338. The second-order valence-electron chi connectivity index (χ2n) is 2.08. The molecule has 4 nitrogen and oxygen atoms in total. The maximum atomic E-state index is 10.9. The number of carbonyl (C=O) groups excluding carboxylic acids is 1. The maximum absolute atomic E-state index is 10.9. The monoisotopic (exact) mass is 358 g/mol. The Balaban J connectivity index is 3.16. The Morgan fingerprint density at radius 3 is 2.67 bits per heavy atom. The van der Waals surface area contributed by atoms with Gasteiger partial charge in [0.05, 0.1) is 0 Å². The van der Waals surface area contributed by atoms with Crippen LogP contribution in [0.2, 0.25) is 0 Å². The normalized spacial score (nSPS) is 9.25. The number of phenols is 2. The number of hydrogen-bond donors (Lipinski definition) is 2. The molecule has 0 saturated heterocycles. The van der Waals surface area contributed by atoms with Crippen LogP contribution in [0, 0.1) is 0 Å². The molecule has 1 rings (SSSR count). The summed E-state index contributed by atoms with van der Waals surface area (Å²) in [5.74, 6) is -1.35. The number of rotatable bonds is 1. The first kappa shape index (κ1) is 9.30. The van der Waals surface area contributed by atoms with Crippen LogP contribution in [-0.2, 0) is 2.69 Å². The fourth-order valence-electron chi connectivity index (χ4n) is 0.760. The first-order chi connectivity index (χ1) is 5.66. The molecule has 0 aliphatic rings. The molecule has 0 spiro atoms. The van der Waals surface area contributed by atoms with E-state index in [4.69, 9.17) is 10.2 Å². The van der Waals surface area contributed by atoms with Crippen LogP contribution in [0.4, 0.5) is 0 Å². The Labute approximate surface area is 85.1 Å². The number of para-hydroxylation sites is 1. The van der Waals surface area contributed by atoms with Crippen LogP contribution in [0.1, 0.15) is 10.4 Å². The molecule has 0 aliphatic carbocycles. The summed E-state index contributed by atoms with van der Waals surface area (Å²) in [7, 11) is 0. The van der Waals surface area contributed by atoms with Crippen LogP contribution < -0.4 is 0 Å². The van der Waals surface area contributed by atoms with Crippen molar-refractivity contribution in [1.29, 1.82) is 0 Å². The molecule has 5 heteroatoms. The van der Waals surface area contributed by atoms with Crippen LogP contribution in [0.15, 0.2) is 18.2 Å². The SMILES string of the molecule is O=C([O][Tl])c1cccc(O)c1O. The summed E-state index contributed by atoms with van der Waals surface area (Å²) in [4.78, 5) is 10.9. The van der Waals surface area contributed by atoms with Crippen LogP contribution in [0.25, 0.3) is 0 Å². The average molecular weight is 357 g/mol. The molecule has 2 N–H and O–H groups in total. The number of phenolic OH excluding ortho intramolecular Hbond substituents is 2. The van der Waals surface area contributed by atoms with Crippen molar-refractivity contribution in [2.45, 2.75) is 0 Å². The quantitative estimate of drug-likeness (QED) is 0.562. The average Bonchev–Trinajstić information content (AvgIpc) is 2.08. The van der Waals surface area contributed by atoms with Gasteiger partial charge < -0.3 is 0 Å². The molecular weight excluding hydrogens is 352 g/mol. The molecule has 0 aromatic heterocycles. The van der Waals surface area contributed by atoms with Gasteiger partial charge in [-0.05, 0) is 0 Å². The summed E-state index contributed by atoms with van der Waals surface area (Å²) in [6.45, 7) is 0. The number of hydrogen-bond acceptors (Lipinski definition) is 4. The van der Waals surface area contributed by atoms with Crippen LogP contribution in [-0.4, -0.2) is 42.4 Å². The molecular formula is C7H5O4Tl. The molecule has 0 heterocycles. The van der Waals surface area contributed by atoms with Crippen molar-refractivity contribution in [3.63, 3.8) is 0 Å². The molecule has 0 bridgehead atoms. The Kier molecular flexibility index (Phi) is 2.90. The van der Waals surface area contributed by atoms with E-state index >= 15 is 0 Å². The van der Waals surface area contributed by atoms with Crippen molar-refractivity contribution >= 4 is 32.2 Å². The van der Waals surface area contributed by atoms with E-state index in [2.05, 4.69) is 2.69 Å². The van der Waals surface area contributed by atoms with Gasteiger partial charge in [-0.25, -0.2) is 0 Å². The molecule has 0 radical (unpaired) electrons. The van der Waals surface area contributed by atoms with Crippen molar-refractivity contribution < 1.29 is 17.7 Å². The molecule has 12 heavy (non-hydrogen) atoms. The van der Waals surface area contributed by atoms with E-state index in [1.807, 2.05) is 0 Å². The zero-order chi connectivity index (χ0) is 9.14. The third kappa shape index (κ3) is 1.68. The molecule has 0 amide bonds. The van der Waals surface area contributed by atoms with Gasteiger partial charge in [-0.3, -0.25) is 0 Å². The van der Waals surface area contributed by atoms with Gasteiger partial charge in [-0.15, -0.1) is 0 Å². The van der Waals surface area contributed by atoms with Gasteiger partial charge >= 0.3 is 85.1 Å². The minimum atomic E-state index is -0.603. The van der Waals surface area contributed by atoms with Crippen LogP contribution in [0.5, 0.6) is 11.5 Å². The van der Waals surface area contributed by atoms with Gasteiger partial charge in [0.25, 0.3) is 0 Å². The Hall–Kier alpha value is -0.788. The molecule has 0 unspecified atom stereocenters. The van der Waals surface area contributed by atoms with E-state index in [1.165, 1.54) is 18.2 Å². The first-order valence-electron chi connectivity index (χ1n) is 3.09. The second kappa shape index (κ2) is 3.75. The molecule has 0 atom stereocenters. The van der Waals surface area contributed by atoms with E-state index in [0.717, 1.165) is 0 Å². The molecule has 1 aromatic rings. The van der Waals surface area contributed by atoms with E-state index < -0.39 is 11.7 Å². The van der Waals surface area contributed by atoms with Gasteiger partial charge in [-0.2, -0.15) is 0 Å². The predicted molar refractivity (Wildman–Crippen MR) is 40.9 cm³/mol. The van der Waals surface area contributed by atoms with Crippen molar-refractivity contribution in [2.75, 3.05) is 0 Å². The Bertz CT molecular complexity index is 310. The molecule has 1 aromatic carbocycles. The summed E-state index contributed by atoms with van der Waals surface area (Å²) >= 11 is 0.0734. The molecule has 0 fully saturated rings. The summed E-state index contributed by atoms with van der Waals surface area (Å²) in [6.07, 6.45) is 0. The van der Waals surface area contributed by atoms with E-state index in [9.17, 15) is 4.79 Å². The Morgan fingerprint density at radius 1 is 1.42 bits per heavy atom. The summed E-state index contributed by atoms with van der Waals surface area (Å²) in [5.41, 5.74) is -0.00231. The standard InChI is InChI=1S/C7H6O4.Tl/c8-5-3-1-2-4(6(5)9)7(10)11;/h1-3,8-9H,(H,10,11);/q;+1/p-1. The van der Waals surface area contributed by atoms with Gasteiger partial charge in [-0.1, -0.05) is 0 Å². The molecule has 60 valence electrons. The number of aromatic hydroxyl groups is 2. The first-order valence-corrected chi connectivity index (χ1v) is 4.92. The van der Waals surface area contributed by atoms with E-state index in [-0.39, 0.29) is 37.5 Å². The van der Waals surface area contributed by atoms with Crippen LogP contribution in [0.3, 0.4) is 0 Å². The molecule has 0 aliphatic heterocycles. The second-order valence-corrected chi connectivity index (χ2v) is 2.99. The number of benzene rings is 1. The molecule has 0 saturated carbocycles. The van der Waals surface area contributed by atoms with E-state index in [0.29, 0.717) is 0 Å². The Morgan fingerprint density at radius 2 is 2.08 bits per heavy atom. The third-order valence-corrected chi connectivity index (χ3v) is 2.17. The van der Waals surface area contributed by atoms with Gasteiger partial charge in [0.1, 0.15) is 0 Å². The third-order valence-electron chi connectivity index (χ3n) is 1.34. The summed E-state index contributed by atoms with van der Waals surface area (Å²) < 4.78 is 4.53. The summed E-state index contributed by atoms with van der Waals surface area (Å²) in [6, 6.07) is 4.15. The van der Waals surface area contributed by atoms with Gasteiger partial charge in [0.15, 0.2) is 0 Å². The minimum absolute atomic E-state index is 0.00231. The topological polar surface area (TPSA) is 66.8 Å².